The number of aryl methyl sites for hydroxylation is 1. The predicted octanol–water partition coefficient (Wildman–Crippen LogP) is 5.09. The smallest absolute Gasteiger partial charge is 0.300 e. The number of ketones is 1. The summed E-state index contributed by atoms with van der Waals surface area (Å²) >= 11 is 3.43. The van der Waals surface area contributed by atoms with Gasteiger partial charge in [0.2, 0.25) is 0 Å². The number of phenols is 1. The zero-order valence-corrected chi connectivity index (χ0v) is 17.6. The summed E-state index contributed by atoms with van der Waals surface area (Å²) in [5.74, 6) is -1.98. The molecule has 1 saturated heterocycles. The third-order valence-electron chi connectivity index (χ3n) is 5.13. The summed E-state index contributed by atoms with van der Waals surface area (Å²) < 4.78 is 0.869. The van der Waals surface area contributed by atoms with Crippen molar-refractivity contribution in [2.24, 2.45) is 0 Å². The number of halogens is 1. The van der Waals surface area contributed by atoms with Gasteiger partial charge in [-0.1, -0.05) is 64.5 Å². The number of anilines is 1. The van der Waals surface area contributed by atoms with Gasteiger partial charge in [0.1, 0.15) is 11.5 Å². The molecule has 6 heteroatoms. The lowest BCUT2D eigenvalue weighted by atomic mass is 9.94. The number of Topliss-reactive ketones (excluding diaryl/α,β-unsaturated/α-hetero) is 1. The lowest BCUT2D eigenvalue weighted by Crippen LogP contribution is -2.29. The van der Waals surface area contributed by atoms with Crippen molar-refractivity contribution in [2.45, 2.75) is 13.0 Å². The molecule has 4 rings (SSSR count). The van der Waals surface area contributed by atoms with E-state index in [2.05, 4.69) is 15.9 Å². The average molecular weight is 464 g/mol. The van der Waals surface area contributed by atoms with Crippen LogP contribution in [0.15, 0.2) is 82.8 Å². The van der Waals surface area contributed by atoms with Crippen molar-refractivity contribution in [1.29, 1.82) is 0 Å². The topological polar surface area (TPSA) is 77.8 Å². The fraction of sp³-hybridized carbons (Fsp3) is 0.0833. The lowest BCUT2D eigenvalue weighted by molar-refractivity contribution is -0.132. The zero-order valence-electron chi connectivity index (χ0n) is 16.0. The molecule has 3 aromatic rings. The summed E-state index contributed by atoms with van der Waals surface area (Å²) in [4.78, 5) is 27.3. The Labute approximate surface area is 182 Å². The van der Waals surface area contributed by atoms with E-state index in [1.54, 1.807) is 60.7 Å². The molecule has 0 aromatic heterocycles. The van der Waals surface area contributed by atoms with E-state index in [-0.39, 0.29) is 22.8 Å². The van der Waals surface area contributed by atoms with Gasteiger partial charge in [-0.05, 0) is 42.3 Å². The second-order valence-electron chi connectivity index (χ2n) is 7.03. The Morgan fingerprint density at radius 3 is 2.30 bits per heavy atom. The number of phenolic OH excluding ortho intramolecular Hbond substituents is 1. The fourth-order valence-corrected chi connectivity index (χ4v) is 3.89. The Kier molecular flexibility index (Phi) is 5.18. The molecule has 0 aliphatic carbocycles. The molecule has 0 bridgehead atoms. The minimum atomic E-state index is -0.872. The van der Waals surface area contributed by atoms with Crippen molar-refractivity contribution in [3.8, 4) is 5.75 Å². The molecule has 1 unspecified atom stereocenters. The summed E-state index contributed by atoms with van der Waals surface area (Å²) in [6, 6.07) is 19.7. The van der Waals surface area contributed by atoms with Crippen molar-refractivity contribution in [3.63, 3.8) is 0 Å². The van der Waals surface area contributed by atoms with E-state index in [1.165, 1.54) is 11.0 Å². The molecule has 1 amide bonds. The molecule has 0 saturated carbocycles. The van der Waals surface area contributed by atoms with Crippen LogP contribution in [0.4, 0.5) is 5.69 Å². The van der Waals surface area contributed by atoms with Gasteiger partial charge in [0, 0.05) is 10.0 Å². The van der Waals surface area contributed by atoms with Gasteiger partial charge in [-0.25, -0.2) is 0 Å². The van der Waals surface area contributed by atoms with Crippen LogP contribution in [0.3, 0.4) is 0 Å². The standard InChI is InChI=1S/C24H18BrNO4/c1-14-13-16(11-12-17(14)25)22(28)20-21(15-7-3-2-4-8-15)26(24(30)23(20)29)18-9-5-6-10-19(18)27/h2-13,21,27-28H,1H3/b22-20-. The highest BCUT2D eigenvalue weighted by Crippen LogP contribution is 2.44. The Balaban J connectivity index is 1.97. The first-order chi connectivity index (χ1) is 14.4. The SMILES string of the molecule is Cc1cc(/C(O)=C2/C(=O)C(=O)N(c3ccccc3O)C2c2ccccc2)ccc1Br. The van der Waals surface area contributed by atoms with Crippen LogP contribution in [0.1, 0.15) is 22.7 Å². The molecule has 1 aliphatic heterocycles. The third-order valence-corrected chi connectivity index (χ3v) is 6.02. The van der Waals surface area contributed by atoms with E-state index in [0.717, 1.165) is 10.0 Å². The van der Waals surface area contributed by atoms with Crippen LogP contribution in [0, 0.1) is 6.92 Å². The molecule has 1 atom stereocenters. The number of aromatic hydroxyl groups is 1. The van der Waals surface area contributed by atoms with Gasteiger partial charge in [0.25, 0.3) is 11.7 Å². The molecule has 3 aromatic carbocycles. The minimum absolute atomic E-state index is 0.0174. The molecule has 0 spiro atoms. The number of para-hydroxylation sites is 2. The van der Waals surface area contributed by atoms with Crippen molar-refractivity contribution in [2.75, 3.05) is 4.90 Å². The van der Waals surface area contributed by atoms with Crippen molar-refractivity contribution in [1.82, 2.24) is 0 Å². The number of aliphatic hydroxyl groups is 1. The highest BCUT2D eigenvalue weighted by molar-refractivity contribution is 9.10. The molecular weight excluding hydrogens is 446 g/mol. The number of carbonyl (C=O) groups excluding carboxylic acids is 2. The largest absolute Gasteiger partial charge is 0.507 e. The number of carbonyl (C=O) groups is 2. The second-order valence-corrected chi connectivity index (χ2v) is 7.89. The first-order valence-electron chi connectivity index (χ1n) is 9.30. The van der Waals surface area contributed by atoms with E-state index in [0.29, 0.717) is 11.1 Å². The highest BCUT2D eigenvalue weighted by Gasteiger charge is 2.47. The van der Waals surface area contributed by atoms with Gasteiger partial charge < -0.3 is 10.2 Å². The highest BCUT2D eigenvalue weighted by atomic mass is 79.9. The Morgan fingerprint density at radius 2 is 1.63 bits per heavy atom. The minimum Gasteiger partial charge on any atom is -0.507 e. The molecule has 2 N–H and O–H groups in total. The monoisotopic (exact) mass is 463 g/mol. The number of hydrogen-bond donors (Lipinski definition) is 2. The van der Waals surface area contributed by atoms with Crippen molar-refractivity contribution >= 4 is 39.1 Å². The molecule has 1 heterocycles. The predicted molar refractivity (Wildman–Crippen MR) is 118 cm³/mol. The number of nitrogens with zero attached hydrogens (tertiary/aromatic N) is 1. The Hall–Kier alpha value is -3.38. The molecule has 0 radical (unpaired) electrons. The van der Waals surface area contributed by atoms with Crippen LogP contribution >= 0.6 is 15.9 Å². The van der Waals surface area contributed by atoms with E-state index < -0.39 is 17.7 Å². The molecule has 150 valence electrons. The van der Waals surface area contributed by atoms with E-state index >= 15 is 0 Å². The summed E-state index contributed by atoms with van der Waals surface area (Å²) in [6.45, 7) is 1.87. The fourth-order valence-electron chi connectivity index (χ4n) is 3.65. The first kappa shape index (κ1) is 19.9. The van der Waals surface area contributed by atoms with E-state index in [4.69, 9.17) is 0 Å². The van der Waals surface area contributed by atoms with Gasteiger partial charge in [0.05, 0.1) is 17.3 Å². The normalized spacial score (nSPS) is 18.1. The average Bonchev–Trinajstić information content (AvgIpc) is 3.01. The van der Waals surface area contributed by atoms with Crippen LogP contribution < -0.4 is 4.90 Å². The van der Waals surface area contributed by atoms with Crippen LogP contribution in [0.25, 0.3) is 5.76 Å². The zero-order chi connectivity index (χ0) is 21.4. The molecule has 1 fully saturated rings. The second kappa shape index (κ2) is 7.80. The molecule has 5 nitrogen and oxygen atoms in total. The summed E-state index contributed by atoms with van der Waals surface area (Å²) in [5.41, 5.74) is 2.16. The van der Waals surface area contributed by atoms with Gasteiger partial charge in [0.15, 0.2) is 0 Å². The van der Waals surface area contributed by atoms with Gasteiger partial charge in [-0.2, -0.15) is 0 Å². The van der Waals surface area contributed by atoms with Gasteiger partial charge in [-0.15, -0.1) is 0 Å². The maximum Gasteiger partial charge on any atom is 0.300 e. The van der Waals surface area contributed by atoms with Gasteiger partial charge in [-0.3, -0.25) is 14.5 Å². The quantitative estimate of drug-likeness (QED) is 0.322. The van der Waals surface area contributed by atoms with Crippen LogP contribution in [-0.4, -0.2) is 21.9 Å². The third kappa shape index (κ3) is 3.29. The number of hydrogen-bond acceptors (Lipinski definition) is 4. The van der Waals surface area contributed by atoms with Gasteiger partial charge >= 0.3 is 0 Å². The van der Waals surface area contributed by atoms with Crippen LogP contribution in [-0.2, 0) is 9.59 Å². The Morgan fingerprint density at radius 1 is 0.967 bits per heavy atom. The maximum absolute atomic E-state index is 13.1. The summed E-state index contributed by atoms with van der Waals surface area (Å²) in [6.07, 6.45) is 0. The molecule has 1 aliphatic rings. The lowest BCUT2D eigenvalue weighted by Gasteiger charge is -2.26. The number of aliphatic hydroxyl groups excluding tert-OH is 1. The van der Waals surface area contributed by atoms with Crippen molar-refractivity contribution < 1.29 is 19.8 Å². The summed E-state index contributed by atoms with van der Waals surface area (Å²) in [5, 5.41) is 21.5. The first-order valence-corrected chi connectivity index (χ1v) is 10.1. The molecular formula is C24H18BrNO4. The number of amides is 1. The Bertz CT molecular complexity index is 1190. The van der Waals surface area contributed by atoms with Crippen LogP contribution in [0.2, 0.25) is 0 Å². The number of rotatable bonds is 3. The number of benzene rings is 3. The van der Waals surface area contributed by atoms with Crippen LogP contribution in [0.5, 0.6) is 5.75 Å². The summed E-state index contributed by atoms with van der Waals surface area (Å²) in [7, 11) is 0. The maximum atomic E-state index is 13.1. The molecule has 30 heavy (non-hydrogen) atoms. The van der Waals surface area contributed by atoms with E-state index in [1.807, 2.05) is 13.0 Å². The van der Waals surface area contributed by atoms with E-state index in [9.17, 15) is 19.8 Å². The van der Waals surface area contributed by atoms with Crippen molar-refractivity contribution in [3.05, 3.63) is 99.5 Å².